The van der Waals surface area contributed by atoms with E-state index in [4.69, 9.17) is 19.2 Å². The Labute approximate surface area is 105 Å². The van der Waals surface area contributed by atoms with Crippen LogP contribution in [0.4, 0.5) is 9.59 Å². The number of thioether (sulfide) groups is 2. The maximum Gasteiger partial charge on any atom is 0.367 e. The number of rotatable bonds is 6. The highest BCUT2D eigenvalue weighted by Gasteiger charge is 2.26. The van der Waals surface area contributed by atoms with Crippen LogP contribution in [0.15, 0.2) is 0 Å². The monoisotopic (exact) mass is 282 g/mol. The van der Waals surface area contributed by atoms with Crippen LogP contribution in [0.1, 0.15) is 0 Å². The van der Waals surface area contributed by atoms with Gasteiger partial charge in [0, 0.05) is 11.5 Å². The first-order valence-corrected chi connectivity index (χ1v) is 6.79. The highest BCUT2D eigenvalue weighted by atomic mass is 32.2. The normalized spacial score (nSPS) is 28.2. The topological polar surface area (TPSA) is 80.3 Å². The molecule has 0 amide bonds. The van der Waals surface area contributed by atoms with Gasteiger partial charge >= 0.3 is 10.6 Å². The Balaban J connectivity index is 1.46. The van der Waals surface area contributed by atoms with Gasteiger partial charge in [0.15, 0.2) is 0 Å². The zero-order valence-corrected chi connectivity index (χ0v) is 10.3. The summed E-state index contributed by atoms with van der Waals surface area (Å²) in [5.41, 5.74) is 0. The van der Waals surface area contributed by atoms with Gasteiger partial charge in [0.25, 0.3) is 0 Å². The summed E-state index contributed by atoms with van der Waals surface area (Å²) in [6.07, 6.45) is -0.619. The molecule has 9 heteroatoms. The lowest BCUT2D eigenvalue weighted by Gasteiger charge is -2.09. The summed E-state index contributed by atoms with van der Waals surface area (Å²) in [5, 5.41) is 3.81. The van der Waals surface area contributed by atoms with Crippen LogP contribution in [-0.2, 0) is 24.3 Å². The van der Waals surface area contributed by atoms with Crippen LogP contribution >= 0.6 is 23.5 Å². The van der Waals surface area contributed by atoms with Crippen LogP contribution in [0.5, 0.6) is 0 Å². The first-order valence-electron chi connectivity index (χ1n) is 4.82. The molecule has 0 aromatic rings. The van der Waals surface area contributed by atoms with E-state index in [0.717, 1.165) is 23.5 Å². The Bertz CT molecular complexity index is 270. The highest BCUT2D eigenvalue weighted by molar-refractivity contribution is 8.13. The minimum absolute atomic E-state index is 0.109. The fourth-order valence-electron chi connectivity index (χ4n) is 1.14. The van der Waals surface area contributed by atoms with Gasteiger partial charge in [-0.15, -0.1) is 0 Å². The van der Waals surface area contributed by atoms with Crippen molar-refractivity contribution in [2.24, 2.45) is 0 Å². The number of hydrogen-bond donors (Lipinski definition) is 0. The minimum Gasteiger partial charge on any atom is -0.451 e. The molecule has 2 aliphatic rings. The summed E-state index contributed by atoms with van der Waals surface area (Å²) in [6.45, 7) is 0.218. The predicted molar refractivity (Wildman–Crippen MR) is 58.4 cm³/mol. The van der Waals surface area contributed by atoms with Crippen molar-refractivity contribution < 1.29 is 33.9 Å². The molecule has 2 unspecified atom stereocenters. The van der Waals surface area contributed by atoms with Gasteiger partial charge in [-0.25, -0.2) is 19.4 Å². The van der Waals surface area contributed by atoms with Gasteiger partial charge in [0.2, 0.25) is 0 Å². The highest BCUT2D eigenvalue weighted by Crippen LogP contribution is 2.20. The van der Waals surface area contributed by atoms with Crippen molar-refractivity contribution in [2.45, 2.75) is 12.2 Å². The molecule has 2 rings (SSSR count). The van der Waals surface area contributed by atoms with E-state index in [2.05, 4.69) is 5.04 Å². The van der Waals surface area contributed by atoms with E-state index in [0.29, 0.717) is 11.5 Å². The average molecular weight is 282 g/mol. The zero-order valence-electron chi connectivity index (χ0n) is 8.66. The molecular formula is C8H10O7S2. The van der Waals surface area contributed by atoms with E-state index in [1.807, 2.05) is 0 Å². The number of carbonyl (C=O) groups excluding carboxylic acids is 2. The molecule has 0 saturated carbocycles. The molecular weight excluding hydrogens is 272 g/mol. The van der Waals surface area contributed by atoms with Crippen molar-refractivity contribution in [3.8, 4) is 0 Å². The molecule has 0 aliphatic carbocycles. The first kappa shape index (κ1) is 13.0. The van der Waals surface area contributed by atoms with Gasteiger partial charge in [-0.2, -0.15) is 0 Å². The van der Waals surface area contributed by atoms with Gasteiger partial charge in [-0.1, -0.05) is 5.04 Å². The fraction of sp³-hybridized carbons (Fsp3) is 0.750. The smallest absolute Gasteiger partial charge is 0.367 e. The summed E-state index contributed by atoms with van der Waals surface area (Å²) < 4.78 is 9.69. The summed E-state index contributed by atoms with van der Waals surface area (Å²) in [5.74, 6) is 1.08. The molecule has 7 nitrogen and oxygen atoms in total. The van der Waals surface area contributed by atoms with Crippen molar-refractivity contribution in [1.82, 2.24) is 0 Å². The molecule has 2 heterocycles. The van der Waals surface area contributed by atoms with Crippen LogP contribution in [-0.4, -0.2) is 47.5 Å². The van der Waals surface area contributed by atoms with E-state index < -0.39 is 0 Å². The molecule has 0 bridgehead atoms. The third kappa shape index (κ3) is 4.36. The molecule has 0 N–H and O–H groups in total. The molecule has 0 aromatic heterocycles. The lowest BCUT2D eigenvalue weighted by atomic mass is 10.4. The van der Waals surface area contributed by atoms with Crippen LogP contribution < -0.4 is 0 Å². The van der Waals surface area contributed by atoms with E-state index >= 15 is 0 Å². The van der Waals surface area contributed by atoms with Crippen LogP contribution in [0, 0.1) is 0 Å². The van der Waals surface area contributed by atoms with Gasteiger partial charge in [-0.3, -0.25) is 0 Å². The molecule has 17 heavy (non-hydrogen) atoms. The van der Waals surface area contributed by atoms with E-state index in [9.17, 15) is 9.59 Å². The Hall–Kier alpha value is -0.480. The van der Waals surface area contributed by atoms with Gasteiger partial charge in [-0.05, 0) is 23.5 Å². The molecule has 2 atom stereocenters. The van der Waals surface area contributed by atoms with Gasteiger partial charge in [0.1, 0.15) is 25.4 Å². The van der Waals surface area contributed by atoms with Crippen molar-refractivity contribution in [2.75, 3.05) is 24.7 Å². The number of cyclic esters (lactones) is 2. The summed E-state index contributed by atoms with van der Waals surface area (Å²) in [7, 11) is 0. The molecule has 96 valence electrons. The minimum atomic E-state index is -0.311. The molecule has 0 spiro atoms. The second-order valence-electron chi connectivity index (χ2n) is 3.24. The van der Waals surface area contributed by atoms with E-state index in [1.54, 1.807) is 0 Å². The summed E-state index contributed by atoms with van der Waals surface area (Å²) >= 11 is 2.18. The number of ether oxygens (including phenoxy) is 2. The molecule has 0 aromatic carbocycles. The van der Waals surface area contributed by atoms with E-state index in [1.165, 1.54) is 0 Å². The Kier molecular flexibility index (Phi) is 4.92. The second-order valence-corrected chi connectivity index (χ2v) is 5.15. The standard InChI is InChI=1S/C8H10O7S2/c9-7-13-5(3-16-7)1-11-15-12-2-6-4-17-8(10)14-6/h5-6H,1-4H2. The van der Waals surface area contributed by atoms with Crippen molar-refractivity contribution in [1.29, 1.82) is 0 Å². The maximum absolute atomic E-state index is 10.7. The van der Waals surface area contributed by atoms with Gasteiger partial charge in [0.05, 0.1) is 0 Å². The van der Waals surface area contributed by atoms with E-state index in [-0.39, 0.29) is 36.0 Å². The Morgan fingerprint density at radius 1 is 1.00 bits per heavy atom. The lowest BCUT2D eigenvalue weighted by Crippen LogP contribution is -2.21. The second kappa shape index (κ2) is 6.45. The van der Waals surface area contributed by atoms with Crippen molar-refractivity contribution in [3.05, 3.63) is 0 Å². The SMILES string of the molecule is O=C1OC(COOOCC2CSC(=O)O2)CS1. The van der Waals surface area contributed by atoms with Crippen LogP contribution in [0.2, 0.25) is 0 Å². The largest absolute Gasteiger partial charge is 0.451 e. The number of hydrogen-bond acceptors (Lipinski definition) is 9. The molecule has 2 fully saturated rings. The fourth-order valence-corrected chi connectivity index (χ4v) is 2.52. The first-order chi connectivity index (χ1) is 8.24. The lowest BCUT2D eigenvalue weighted by molar-refractivity contribution is -0.517. The summed E-state index contributed by atoms with van der Waals surface area (Å²) in [4.78, 5) is 30.8. The van der Waals surface area contributed by atoms with Crippen molar-refractivity contribution >= 4 is 34.1 Å². The third-order valence-electron chi connectivity index (χ3n) is 1.90. The Morgan fingerprint density at radius 3 is 1.82 bits per heavy atom. The summed E-state index contributed by atoms with van der Waals surface area (Å²) in [6, 6.07) is 0. The van der Waals surface area contributed by atoms with Crippen molar-refractivity contribution in [3.63, 3.8) is 0 Å². The third-order valence-corrected chi connectivity index (χ3v) is 3.64. The number of carbonyl (C=O) groups is 2. The molecule has 0 radical (unpaired) electrons. The molecule has 2 saturated heterocycles. The Morgan fingerprint density at radius 2 is 1.47 bits per heavy atom. The molecule has 2 aliphatic heterocycles. The maximum atomic E-state index is 10.7. The average Bonchev–Trinajstić information content (AvgIpc) is 2.88. The predicted octanol–water partition coefficient (Wildman–Crippen LogP) is 1.37. The van der Waals surface area contributed by atoms with Crippen LogP contribution in [0.3, 0.4) is 0 Å². The van der Waals surface area contributed by atoms with Crippen LogP contribution in [0.25, 0.3) is 0 Å². The zero-order chi connectivity index (χ0) is 12.1. The van der Waals surface area contributed by atoms with Gasteiger partial charge < -0.3 is 9.47 Å². The quantitative estimate of drug-likeness (QED) is 0.310.